The van der Waals surface area contributed by atoms with E-state index >= 15 is 0 Å². The molecule has 0 bridgehead atoms. The second-order valence-electron chi connectivity index (χ2n) is 7.64. The molecule has 1 aromatic heterocycles. The van der Waals surface area contributed by atoms with Gasteiger partial charge in [-0.1, -0.05) is 12.1 Å². The van der Waals surface area contributed by atoms with Gasteiger partial charge in [-0.05, 0) is 24.1 Å². The van der Waals surface area contributed by atoms with E-state index in [1.54, 1.807) is 6.07 Å². The average Bonchev–Trinajstić information content (AvgIpc) is 2.69. The molecule has 1 amide bonds. The van der Waals surface area contributed by atoms with E-state index in [1.165, 1.54) is 0 Å². The maximum Gasteiger partial charge on any atom is 0.336 e. The summed E-state index contributed by atoms with van der Waals surface area (Å²) in [5.41, 5.74) is 2.43. The highest BCUT2D eigenvalue weighted by Crippen LogP contribution is 2.20. The molecular formula is C21H27N3O4. The van der Waals surface area contributed by atoms with Gasteiger partial charge in [-0.2, -0.15) is 0 Å². The van der Waals surface area contributed by atoms with Crippen molar-refractivity contribution in [2.45, 2.75) is 13.5 Å². The minimum Gasteiger partial charge on any atom is -0.423 e. The van der Waals surface area contributed by atoms with Gasteiger partial charge in [0.1, 0.15) is 5.58 Å². The second-order valence-corrected chi connectivity index (χ2v) is 7.64. The first-order valence-corrected chi connectivity index (χ1v) is 9.92. The van der Waals surface area contributed by atoms with Gasteiger partial charge in [-0.25, -0.2) is 4.79 Å². The first-order valence-electron chi connectivity index (χ1n) is 9.92. The minimum atomic E-state index is -0.303. The summed E-state index contributed by atoms with van der Waals surface area (Å²) in [7, 11) is 0. The Balaban J connectivity index is 1.35. The Hall–Kier alpha value is -2.22. The van der Waals surface area contributed by atoms with Crippen molar-refractivity contribution in [1.29, 1.82) is 0 Å². The van der Waals surface area contributed by atoms with Crippen LogP contribution in [-0.4, -0.2) is 79.6 Å². The van der Waals surface area contributed by atoms with E-state index < -0.39 is 0 Å². The van der Waals surface area contributed by atoms with Crippen molar-refractivity contribution < 1.29 is 13.9 Å². The molecule has 0 N–H and O–H groups in total. The number of morpholine rings is 1. The molecule has 2 aliphatic rings. The molecule has 2 fully saturated rings. The fourth-order valence-electron chi connectivity index (χ4n) is 3.92. The van der Waals surface area contributed by atoms with E-state index in [0.717, 1.165) is 49.2 Å². The molecule has 7 heteroatoms. The number of carbonyl (C=O) groups excluding carboxylic acids is 1. The number of hydrogen-bond acceptors (Lipinski definition) is 6. The largest absolute Gasteiger partial charge is 0.423 e. The predicted molar refractivity (Wildman–Crippen MR) is 106 cm³/mol. The molecule has 7 nitrogen and oxygen atoms in total. The Morgan fingerprint density at radius 3 is 2.46 bits per heavy atom. The molecule has 28 heavy (non-hydrogen) atoms. The van der Waals surface area contributed by atoms with E-state index in [9.17, 15) is 9.59 Å². The SMILES string of the molecule is Cc1ccc2c(CN3CCN(CC(=O)N4CCOCC4)CC3)cc(=O)oc2c1. The fourth-order valence-corrected chi connectivity index (χ4v) is 3.92. The number of fused-ring (bicyclic) bond motifs is 1. The standard InChI is InChI=1S/C21H27N3O4/c1-16-2-3-18-17(13-21(26)28-19(18)12-16)14-22-4-6-23(7-5-22)15-20(25)24-8-10-27-11-9-24/h2-3,12-13H,4-11,14-15H2,1H3. The van der Waals surface area contributed by atoms with Crippen molar-refractivity contribution in [3.63, 3.8) is 0 Å². The summed E-state index contributed by atoms with van der Waals surface area (Å²) in [6.07, 6.45) is 0. The summed E-state index contributed by atoms with van der Waals surface area (Å²) in [4.78, 5) is 30.8. The van der Waals surface area contributed by atoms with Crippen molar-refractivity contribution in [1.82, 2.24) is 14.7 Å². The molecule has 0 atom stereocenters. The Morgan fingerprint density at radius 1 is 1.00 bits per heavy atom. The van der Waals surface area contributed by atoms with Crippen LogP contribution in [0.4, 0.5) is 0 Å². The van der Waals surface area contributed by atoms with Crippen LogP contribution in [0.1, 0.15) is 11.1 Å². The van der Waals surface area contributed by atoms with Crippen molar-refractivity contribution in [2.75, 3.05) is 59.0 Å². The lowest BCUT2D eigenvalue weighted by atomic mass is 10.1. The number of carbonyl (C=O) groups is 1. The molecule has 2 aliphatic heterocycles. The summed E-state index contributed by atoms with van der Waals surface area (Å²) in [6, 6.07) is 7.59. The molecular weight excluding hydrogens is 358 g/mol. The normalized spacial score (nSPS) is 19.2. The van der Waals surface area contributed by atoms with E-state index in [0.29, 0.717) is 38.4 Å². The molecule has 0 aliphatic carbocycles. The monoisotopic (exact) mass is 385 g/mol. The van der Waals surface area contributed by atoms with Crippen molar-refractivity contribution in [3.8, 4) is 0 Å². The zero-order chi connectivity index (χ0) is 19.5. The van der Waals surface area contributed by atoms with Crippen molar-refractivity contribution in [2.24, 2.45) is 0 Å². The second kappa shape index (κ2) is 8.43. The van der Waals surface area contributed by atoms with E-state index in [1.807, 2.05) is 30.0 Å². The van der Waals surface area contributed by atoms with Crippen LogP contribution < -0.4 is 5.63 Å². The van der Waals surface area contributed by atoms with Crippen LogP contribution in [0.2, 0.25) is 0 Å². The first-order chi connectivity index (χ1) is 13.6. The molecule has 2 aromatic rings. The first kappa shape index (κ1) is 19.1. The zero-order valence-electron chi connectivity index (χ0n) is 16.4. The van der Waals surface area contributed by atoms with Crippen LogP contribution in [0.5, 0.6) is 0 Å². The van der Waals surface area contributed by atoms with Gasteiger partial charge in [0, 0.05) is 57.3 Å². The van der Waals surface area contributed by atoms with Crippen LogP contribution in [0.3, 0.4) is 0 Å². The maximum absolute atomic E-state index is 12.4. The smallest absolute Gasteiger partial charge is 0.336 e. The lowest BCUT2D eigenvalue weighted by Crippen LogP contribution is -2.51. The van der Waals surface area contributed by atoms with Crippen LogP contribution >= 0.6 is 0 Å². The van der Waals surface area contributed by atoms with Crippen LogP contribution in [-0.2, 0) is 16.1 Å². The zero-order valence-corrected chi connectivity index (χ0v) is 16.4. The van der Waals surface area contributed by atoms with Gasteiger partial charge in [0.2, 0.25) is 5.91 Å². The third kappa shape index (κ3) is 4.43. The van der Waals surface area contributed by atoms with Gasteiger partial charge in [0.15, 0.2) is 0 Å². The summed E-state index contributed by atoms with van der Waals surface area (Å²) in [5, 5.41) is 0.995. The molecule has 0 spiro atoms. The highest BCUT2D eigenvalue weighted by molar-refractivity contribution is 5.80. The Labute approximate surface area is 164 Å². The quantitative estimate of drug-likeness (QED) is 0.734. The number of ether oxygens (including phenoxy) is 1. The molecule has 2 saturated heterocycles. The maximum atomic E-state index is 12.4. The van der Waals surface area contributed by atoms with E-state index in [-0.39, 0.29) is 11.5 Å². The summed E-state index contributed by atoms with van der Waals surface area (Å²) >= 11 is 0. The van der Waals surface area contributed by atoms with Gasteiger partial charge in [0.25, 0.3) is 0 Å². The average molecular weight is 385 g/mol. The number of rotatable bonds is 4. The Kier molecular flexibility index (Phi) is 5.75. The van der Waals surface area contributed by atoms with Gasteiger partial charge in [0.05, 0.1) is 19.8 Å². The Morgan fingerprint density at radius 2 is 1.71 bits per heavy atom. The molecule has 0 radical (unpaired) electrons. The van der Waals surface area contributed by atoms with Gasteiger partial charge in [-0.3, -0.25) is 14.6 Å². The predicted octanol–water partition coefficient (Wildman–Crippen LogP) is 1.08. The highest BCUT2D eigenvalue weighted by atomic mass is 16.5. The van der Waals surface area contributed by atoms with Crippen LogP contribution in [0.25, 0.3) is 11.0 Å². The third-order valence-electron chi connectivity index (χ3n) is 5.57. The highest BCUT2D eigenvalue weighted by Gasteiger charge is 2.23. The number of aryl methyl sites for hydroxylation is 1. The lowest BCUT2D eigenvalue weighted by Gasteiger charge is -2.36. The Bertz CT molecular complexity index is 896. The number of nitrogens with zero attached hydrogens (tertiary/aromatic N) is 3. The number of benzene rings is 1. The van der Waals surface area contributed by atoms with Crippen LogP contribution in [0, 0.1) is 6.92 Å². The summed E-state index contributed by atoms with van der Waals surface area (Å²) < 4.78 is 10.7. The molecule has 0 saturated carbocycles. The third-order valence-corrected chi connectivity index (χ3v) is 5.57. The van der Waals surface area contributed by atoms with E-state index in [2.05, 4.69) is 9.80 Å². The van der Waals surface area contributed by atoms with Gasteiger partial charge in [-0.15, -0.1) is 0 Å². The number of hydrogen-bond donors (Lipinski definition) is 0. The van der Waals surface area contributed by atoms with Gasteiger partial charge >= 0.3 is 5.63 Å². The van der Waals surface area contributed by atoms with Crippen molar-refractivity contribution >= 4 is 16.9 Å². The van der Waals surface area contributed by atoms with E-state index in [4.69, 9.17) is 9.15 Å². The fraction of sp³-hybridized carbons (Fsp3) is 0.524. The minimum absolute atomic E-state index is 0.193. The van der Waals surface area contributed by atoms with Crippen molar-refractivity contribution in [3.05, 3.63) is 45.8 Å². The van der Waals surface area contributed by atoms with Crippen LogP contribution in [0.15, 0.2) is 33.5 Å². The molecule has 4 rings (SSSR count). The van der Waals surface area contributed by atoms with Gasteiger partial charge < -0.3 is 14.1 Å². The summed E-state index contributed by atoms with van der Waals surface area (Å²) in [6.45, 7) is 9.32. The molecule has 150 valence electrons. The number of amides is 1. The molecule has 1 aromatic carbocycles. The molecule has 0 unspecified atom stereocenters. The topological polar surface area (TPSA) is 66.2 Å². The summed E-state index contributed by atoms with van der Waals surface area (Å²) in [5.74, 6) is 0.193. The number of piperazine rings is 1. The lowest BCUT2D eigenvalue weighted by molar-refractivity contribution is -0.136. The molecule has 3 heterocycles.